The number of carboxylic acid groups (broad SMARTS) is 1. The number of aromatic carboxylic acids is 1. The van der Waals surface area contributed by atoms with Gasteiger partial charge in [0.1, 0.15) is 5.75 Å². The number of carboxylic acids is 1. The number of fused-ring (bicyclic) bond motifs is 1. The van der Waals surface area contributed by atoms with Crippen molar-refractivity contribution in [3.63, 3.8) is 0 Å². The fourth-order valence-electron chi connectivity index (χ4n) is 4.21. The van der Waals surface area contributed by atoms with Crippen molar-refractivity contribution < 1.29 is 14.6 Å². The molecular formula is C24H29N3O3. The number of anilines is 1. The molecular weight excluding hydrogens is 378 g/mol. The van der Waals surface area contributed by atoms with Crippen molar-refractivity contribution in [1.82, 2.24) is 9.88 Å². The summed E-state index contributed by atoms with van der Waals surface area (Å²) in [4.78, 5) is 19.4. The number of piperazine rings is 1. The third-order valence-electron chi connectivity index (χ3n) is 5.98. The maximum absolute atomic E-state index is 11.2. The van der Waals surface area contributed by atoms with Gasteiger partial charge < -0.3 is 19.7 Å². The fourth-order valence-corrected chi connectivity index (χ4v) is 4.21. The molecule has 1 aliphatic rings. The standard InChI is InChI=1S/C24H29N3O3/c1-30-21-7-4-6-20(16-21)27-13-11-26(12-14-27)10-3-2-5-19-17-25-23-9-8-18(24(28)29)15-22(19)23/h4,6-9,15-17,25H,2-3,5,10-14H2,1H3,(H,28,29). The highest BCUT2D eigenvalue weighted by Gasteiger charge is 2.17. The SMILES string of the molecule is COc1cccc(N2CCN(CCCCc3c[nH]c4ccc(C(=O)O)cc34)CC2)c1. The molecule has 158 valence electrons. The number of hydrogen-bond donors (Lipinski definition) is 2. The Labute approximate surface area is 177 Å². The molecule has 0 bridgehead atoms. The van der Waals surface area contributed by atoms with E-state index in [1.54, 1.807) is 19.2 Å². The minimum Gasteiger partial charge on any atom is -0.497 e. The van der Waals surface area contributed by atoms with Gasteiger partial charge in [0.15, 0.2) is 0 Å². The van der Waals surface area contributed by atoms with E-state index in [9.17, 15) is 9.90 Å². The molecule has 2 heterocycles. The van der Waals surface area contributed by atoms with Gasteiger partial charge in [-0.25, -0.2) is 4.79 Å². The molecule has 1 aliphatic heterocycles. The molecule has 1 saturated heterocycles. The first-order valence-electron chi connectivity index (χ1n) is 10.6. The molecule has 6 heteroatoms. The van der Waals surface area contributed by atoms with Crippen LogP contribution in [0, 0.1) is 0 Å². The van der Waals surface area contributed by atoms with E-state index in [0.29, 0.717) is 5.56 Å². The number of ether oxygens (including phenoxy) is 1. The lowest BCUT2D eigenvalue weighted by Crippen LogP contribution is -2.46. The van der Waals surface area contributed by atoms with Gasteiger partial charge in [0.05, 0.1) is 12.7 Å². The normalized spacial score (nSPS) is 14.9. The number of aryl methyl sites for hydroxylation is 1. The highest BCUT2D eigenvalue weighted by molar-refractivity contribution is 5.94. The number of nitrogens with one attached hydrogen (secondary N) is 1. The molecule has 0 amide bonds. The number of hydrogen-bond acceptors (Lipinski definition) is 4. The van der Waals surface area contributed by atoms with Crippen molar-refractivity contribution in [1.29, 1.82) is 0 Å². The van der Waals surface area contributed by atoms with Crippen molar-refractivity contribution in [3.05, 3.63) is 59.8 Å². The van der Waals surface area contributed by atoms with E-state index in [-0.39, 0.29) is 0 Å². The molecule has 2 aromatic carbocycles. The predicted octanol–water partition coefficient (Wildman–Crippen LogP) is 4.02. The van der Waals surface area contributed by atoms with Gasteiger partial charge in [0.25, 0.3) is 0 Å². The number of unbranched alkanes of at least 4 members (excludes halogenated alkanes) is 1. The first-order chi connectivity index (χ1) is 14.6. The molecule has 0 aliphatic carbocycles. The second kappa shape index (κ2) is 9.22. The Morgan fingerprint density at radius 1 is 1.10 bits per heavy atom. The number of nitrogens with zero attached hydrogens (tertiary/aromatic N) is 2. The van der Waals surface area contributed by atoms with Crippen LogP contribution >= 0.6 is 0 Å². The zero-order valence-corrected chi connectivity index (χ0v) is 17.4. The largest absolute Gasteiger partial charge is 0.497 e. The van der Waals surface area contributed by atoms with Crippen molar-refractivity contribution in [2.45, 2.75) is 19.3 Å². The fraction of sp³-hybridized carbons (Fsp3) is 0.375. The summed E-state index contributed by atoms with van der Waals surface area (Å²) in [6, 6.07) is 13.6. The maximum atomic E-state index is 11.2. The lowest BCUT2D eigenvalue weighted by molar-refractivity contribution is 0.0697. The molecule has 2 N–H and O–H groups in total. The number of aromatic amines is 1. The van der Waals surface area contributed by atoms with Gasteiger partial charge in [-0.3, -0.25) is 4.90 Å². The summed E-state index contributed by atoms with van der Waals surface area (Å²) in [5.74, 6) is 0.0276. The third kappa shape index (κ3) is 4.60. The Hall–Kier alpha value is -2.99. The van der Waals surface area contributed by atoms with Crippen LogP contribution in [0.15, 0.2) is 48.7 Å². The van der Waals surface area contributed by atoms with Gasteiger partial charge in [0, 0.05) is 55.0 Å². The average Bonchev–Trinajstić information content (AvgIpc) is 3.19. The number of aromatic nitrogens is 1. The van der Waals surface area contributed by atoms with Crippen LogP contribution in [0.5, 0.6) is 5.75 Å². The first kappa shape index (κ1) is 20.3. The van der Waals surface area contributed by atoms with Crippen LogP contribution in [-0.4, -0.2) is 60.8 Å². The van der Waals surface area contributed by atoms with Crippen molar-refractivity contribution in [3.8, 4) is 5.75 Å². The van der Waals surface area contributed by atoms with E-state index >= 15 is 0 Å². The molecule has 0 atom stereocenters. The van der Waals surface area contributed by atoms with E-state index in [0.717, 1.165) is 68.6 Å². The van der Waals surface area contributed by atoms with Crippen LogP contribution in [0.2, 0.25) is 0 Å². The van der Waals surface area contributed by atoms with E-state index in [2.05, 4.69) is 26.9 Å². The lowest BCUT2D eigenvalue weighted by atomic mass is 10.0. The van der Waals surface area contributed by atoms with Gasteiger partial charge in [0.2, 0.25) is 0 Å². The summed E-state index contributed by atoms with van der Waals surface area (Å²) >= 11 is 0. The Morgan fingerprint density at radius 2 is 1.93 bits per heavy atom. The molecule has 30 heavy (non-hydrogen) atoms. The van der Waals surface area contributed by atoms with Gasteiger partial charge in [-0.05, 0) is 61.7 Å². The molecule has 1 fully saturated rings. The van der Waals surface area contributed by atoms with Gasteiger partial charge in [-0.1, -0.05) is 6.07 Å². The smallest absolute Gasteiger partial charge is 0.335 e. The molecule has 0 radical (unpaired) electrons. The van der Waals surface area contributed by atoms with Crippen LogP contribution in [-0.2, 0) is 6.42 Å². The van der Waals surface area contributed by atoms with E-state index in [4.69, 9.17) is 4.74 Å². The van der Waals surface area contributed by atoms with Crippen LogP contribution in [0.25, 0.3) is 10.9 Å². The zero-order chi connectivity index (χ0) is 20.9. The third-order valence-corrected chi connectivity index (χ3v) is 5.98. The molecule has 6 nitrogen and oxygen atoms in total. The zero-order valence-electron chi connectivity index (χ0n) is 17.4. The molecule has 4 rings (SSSR count). The predicted molar refractivity (Wildman–Crippen MR) is 120 cm³/mol. The minimum absolute atomic E-state index is 0.345. The van der Waals surface area contributed by atoms with Gasteiger partial charge in [-0.15, -0.1) is 0 Å². The topological polar surface area (TPSA) is 68.8 Å². The quantitative estimate of drug-likeness (QED) is 0.552. The van der Waals surface area contributed by atoms with E-state index in [1.165, 1.54) is 11.3 Å². The van der Waals surface area contributed by atoms with E-state index in [1.807, 2.05) is 24.4 Å². The summed E-state index contributed by atoms with van der Waals surface area (Å²) in [7, 11) is 1.71. The maximum Gasteiger partial charge on any atom is 0.335 e. The molecule has 1 aromatic heterocycles. The molecule has 0 spiro atoms. The van der Waals surface area contributed by atoms with Gasteiger partial charge in [-0.2, -0.15) is 0 Å². The van der Waals surface area contributed by atoms with Crippen LogP contribution < -0.4 is 9.64 Å². The number of H-pyrrole nitrogens is 1. The number of benzene rings is 2. The monoisotopic (exact) mass is 407 g/mol. The van der Waals surface area contributed by atoms with Crippen LogP contribution in [0.3, 0.4) is 0 Å². The second-order valence-electron chi connectivity index (χ2n) is 7.87. The van der Waals surface area contributed by atoms with Crippen molar-refractivity contribution in [2.75, 3.05) is 44.7 Å². The number of rotatable bonds is 8. The Bertz CT molecular complexity index is 1010. The van der Waals surface area contributed by atoms with Crippen molar-refractivity contribution in [2.24, 2.45) is 0 Å². The summed E-state index contributed by atoms with van der Waals surface area (Å²) in [5.41, 5.74) is 3.78. The minimum atomic E-state index is -0.878. The van der Waals surface area contributed by atoms with Crippen molar-refractivity contribution >= 4 is 22.6 Å². The first-order valence-corrected chi connectivity index (χ1v) is 10.6. The molecule has 0 unspecified atom stereocenters. The molecule has 3 aromatic rings. The average molecular weight is 408 g/mol. The number of methoxy groups -OCH3 is 1. The highest BCUT2D eigenvalue weighted by Crippen LogP contribution is 2.23. The summed E-state index contributed by atoms with van der Waals surface area (Å²) in [6.07, 6.45) is 5.22. The Morgan fingerprint density at radius 3 is 2.70 bits per heavy atom. The van der Waals surface area contributed by atoms with Gasteiger partial charge >= 0.3 is 5.97 Å². The van der Waals surface area contributed by atoms with Crippen LogP contribution in [0.1, 0.15) is 28.8 Å². The lowest BCUT2D eigenvalue weighted by Gasteiger charge is -2.36. The van der Waals surface area contributed by atoms with E-state index < -0.39 is 5.97 Å². The number of carbonyl (C=O) groups is 1. The Kier molecular flexibility index (Phi) is 6.23. The summed E-state index contributed by atoms with van der Waals surface area (Å²) in [5, 5.41) is 10.3. The van der Waals surface area contributed by atoms with Crippen LogP contribution in [0.4, 0.5) is 5.69 Å². The summed E-state index contributed by atoms with van der Waals surface area (Å²) < 4.78 is 5.34. The Balaban J connectivity index is 1.24. The highest BCUT2D eigenvalue weighted by atomic mass is 16.5. The molecule has 0 saturated carbocycles. The summed E-state index contributed by atoms with van der Waals surface area (Å²) in [6.45, 7) is 5.33. The second-order valence-corrected chi connectivity index (χ2v) is 7.87.